The summed E-state index contributed by atoms with van der Waals surface area (Å²) < 4.78 is 5.21. The Kier molecular flexibility index (Phi) is 6.89. The summed E-state index contributed by atoms with van der Waals surface area (Å²) in [6, 6.07) is 20.1. The number of carbonyl (C=O) groups excluding carboxylic acids is 1. The maximum Gasteiger partial charge on any atom is 0.266 e. The lowest BCUT2D eigenvalue weighted by molar-refractivity contribution is 0.0764. The van der Waals surface area contributed by atoms with Gasteiger partial charge in [-0.25, -0.2) is 4.98 Å². The minimum Gasteiger partial charge on any atom is -0.383 e. The molecule has 1 fully saturated rings. The Hall–Kier alpha value is -2.54. The van der Waals surface area contributed by atoms with Gasteiger partial charge in [0.2, 0.25) is 0 Å². The van der Waals surface area contributed by atoms with Gasteiger partial charge in [-0.3, -0.25) is 9.69 Å². The Balaban J connectivity index is 1.62. The van der Waals surface area contributed by atoms with Crippen LogP contribution >= 0.6 is 11.3 Å². The molecule has 4 rings (SSSR count). The largest absolute Gasteiger partial charge is 0.383 e. The molecule has 2 aromatic carbocycles. The fourth-order valence-electron chi connectivity index (χ4n) is 3.72. The maximum atomic E-state index is 13.6. The summed E-state index contributed by atoms with van der Waals surface area (Å²) in [4.78, 5) is 23.5. The van der Waals surface area contributed by atoms with Crippen LogP contribution in [0.3, 0.4) is 0 Å². The van der Waals surface area contributed by atoms with Gasteiger partial charge in [-0.05, 0) is 13.0 Å². The van der Waals surface area contributed by atoms with Crippen LogP contribution in [0.5, 0.6) is 0 Å². The number of hydrogen-bond donors (Lipinski definition) is 0. The molecule has 156 valence electrons. The van der Waals surface area contributed by atoms with Gasteiger partial charge in [0, 0.05) is 44.4 Å². The van der Waals surface area contributed by atoms with Crippen molar-refractivity contribution >= 4 is 17.2 Å². The smallest absolute Gasteiger partial charge is 0.266 e. The van der Waals surface area contributed by atoms with Crippen molar-refractivity contribution in [2.24, 2.45) is 0 Å². The molecule has 0 aliphatic carbocycles. The molecule has 1 aliphatic rings. The molecule has 0 bridgehead atoms. The average Bonchev–Trinajstić information content (AvgIpc) is 3.11. The van der Waals surface area contributed by atoms with Crippen molar-refractivity contribution in [1.29, 1.82) is 0 Å². The first-order chi connectivity index (χ1) is 14.8. The van der Waals surface area contributed by atoms with Crippen molar-refractivity contribution in [2.45, 2.75) is 6.42 Å². The number of nitrogens with zero attached hydrogens (tertiary/aromatic N) is 3. The van der Waals surface area contributed by atoms with Crippen LogP contribution in [0.15, 0.2) is 60.7 Å². The Morgan fingerprint density at radius 1 is 0.967 bits per heavy atom. The number of thiazole rings is 1. The lowest BCUT2D eigenvalue weighted by Gasteiger charge is -2.21. The summed E-state index contributed by atoms with van der Waals surface area (Å²) in [5.41, 5.74) is 2.81. The summed E-state index contributed by atoms with van der Waals surface area (Å²) in [5, 5.41) is 0.884. The number of benzene rings is 2. The molecule has 0 atom stereocenters. The Bertz CT molecular complexity index is 959. The molecule has 30 heavy (non-hydrogen) atoms. The fourth-order valence-corrected chi connectivity index (χ4v) is 4.78. The summed E-state index contributed by atoms with van der Waals surface area (Å²) in [7, 11) is 1.73. The SMILES string of the molecule is COCCN1CCCN(C(=O)c2sc(-c3ccccc3)nc2-c2ccccc2)CC1. The van der Waals surface area contributed by atoms with E-state index in [1.165, 1.54) is 11.3 Å². The quantitative estimate of drug-likeness (QED) is 0.596. The molecule has 2 heterocycles. The van der Waals surface area contributed by atoms with Crippen molar-refractivity contribution in [2.75, 3.05) is 46.4 Å². The summed E-state index contributed by atoms with van der Waals surface area (Å²) >= 11 is 1.49. The zero-order chi connectivity index (χ0) is 20.8. The van der Waals surface area contributed by atoms with Crippen LogP contribution in [0, 0.1) is 0 Å². The number of ether oxygens (including phenoxy) is 1. The molecule has 0 spiro atoms. The van der Waals surface area contributed by atoms with Crippen molar-refractivity contribution in [3.05, 3.63) is 65.5 Å². The molecule has 1 aliphatic heterocycles. The van der Waals surface area contributed by atoms with E-state index < -0.39 is 0 Å². The van der Waals surface area contributed by atoms with E-state index in [2.05, 4.69) is 4.90 Å². The second kappa shape index (κ2) is 9.98. The summed E-state index contributed by atoms with van der Waals surface area (Å²) in [6.45, 7) is 5.01. The van der Waals surface area contributed by atoms with Gasteiger partial charge >= 0.3 is 0 Å². The Labute approximate surface area is 181 Å². The zero-order valence-corrected chi connectivity index (χ0v) is 18.1. The normalized spacial score (nSPS) is 15.2. The van der Waals surface area contributed by atoms with Crippen molar-refractivity contribution in [3.63, 3.8) is 0 Å². The molecule has 6 heteroatoms. The van der Waals surface area contributed by atoms with Crippen LogP contribution in [-0.2, 0) is 4.74 Å². The predicted octanol–water partition coefficient (Wildman–Crippen LogP) is 4.27. The molecule has 1 aromatic heterocycles. The van der Waals surface area contributed by atoms with Gasteiger partial charge in [0.05, 0.1) is 12.3 Å². The van der Waals surface area contributed by atoms with Crippen LogP contribution < -0.4 is 0 Å². The van der Waals surface area contributed by atoms with E-state index in [-0.39, 0.29) is 5.91 Å². The number of rotatable bonds is 6. The molecule has 1 saturated heterocycles. The van der Waals surface area contributed by atoms with E-state index in [4.69, 9.17) is 9.72 Å². The number of aromatic nitrogens is 1. The topological polar surface area (TPSA) is 45.7 Å². The van der Waals surface area contributed by atoms with Gasteiger partial charge < -0.3 is 9.64 Å². The van der Waals surface area contributed by atoms with E-state index in [0.717, 1.165) is 72.5 Å². The van der Waals surface area contributed by atoms with Crippen molar-refractivity contribution in [1.82, 2.24) is 14.8 Å². The van der Waals surface area contributed by atoms with E-state index in [0.29, 0.717) is 0 Å². The van der Waals surface area contributed by atoms with Crippen LogP contribution in [0.25, 0.3) is 21.8 Å². The standard InChI is InChI=1S/C24H27N3O2S/c1-29-18-17-26-13-8-14-27(16-15-26)24(28)22-21(19-9-4-2-5-10-19)25-23(30-22)20-11-6-3-7-12-20/h2-7,9-12H,8,13-18H2,1H3. The highest BCUT2D eigenvalue weighted by Gasteiger charge is 2.26. The lowest BCUT2D eigenvalue weighted by atomic mass is 10.1. The second-order valence-electron chi connectivity index (χ2n) is 7.41. The molecule has 3 aromatic rings. The highest BCUT2D eigenvalue weighted by molar-refractivity contribution is 7.17. The van der Waals surface area contributed by atoms with E-state index in [1.807, 2.05) is 65.6 Å². The molecule has 0 radical (unpaired) electrons. The first-order valence-corrected chi connectivity index (χ1v) is 11.2. The molecule has 1 amide bonds. The molecular formula is C24H27N3O2S. The molecular weight excluding hydrogens is 394 g/mol. The second-order valence-corrected chi connectivity index (χ2v) is 8.41. The van der Waals surface area contributed by atoms with Gasteiger partial charge in [0.1, 0.15) is 9.88 Å². The van der Waals surface area contributed by atoms with Gasteiger partial charge in [-0.2, -0.15) is 0 Å². The van der Waals surface area contributed by atoms with Gasteiger partial charge in [0.25, 0.3) is 5.91 Å². The molecule has 0 N–H and O–H groups in total. The molecule has 5 nitrogen and oxygen atoms in total. The Morgan fingerprint density at radius 2 is 1.67 bits per heavy atom. The predicted molar refractivity (Wildman–Crippen MR) is 122 cm³/mol. The van der Waals surface area contributed by atoms with Crippen molar-refractivity contribution < 1.29 is 9.53 Å². The number of carbonyl (C=O) groups is 1. The fraction of sp³-hybridized carbons (Fsp3) is 0.333. The van der Waals surface area contributed by atoms with E-state index in [9.17, 15) is 4.79 Å². The average molecular weight is 422 g/mol. The number of methoxy groups -OCH3 is 1. The monoisotopic (exact) mass is 421 g/mol. The van der Waals surface area contributed by atoms with Crippen LogP contribution in [0.4, 0.5) is 0 Å². The number of amides is 1. The first kappa shape index (κ1) is 20.7. The highest BCUT2D eigenvalue weighted by Crippen LogP contribution is 2.34. The lowest BCUT2D eigenvalue weighted by Crippen LogP contribution is -2.35. The third-order valence-corrected chi connectivity index (χ3v) is 6.47. The van der Waals surface area contributed by atoms with Gasteiger partial charge in [-0.1, -0.05) is 60.7 Å². The Morgan fingerprint density at radius 3 is 2.37 bits per heavy atom. The summed E-state index contributed by atoms with van der Waals surface area (Å²) in [6.07, 6.45) is 0.973. The third-order valence-electron chi connectivity index (χ3n) is 5.38. The molecule has 0 unspecified atom stereocenters. The highest BCUT2D eigenvalue weighted by atomic mass is 32.1. The van der Waals surface area contributed by atoms with Gasteiger partial charge in [0.15, 0.2) is 0 Å². The third kappa shape index (κ3) is 4.78. The number of hydrogen-bond acceptors (Lipinski definition) is 5. The minimum atomic E-state index is 0.0853. The summed E-state index contributed by atoms with van der Waals surface area (Å²) in [5.74, 6) is 0.0853. The molecule has 0 saturated carbocycles. The zero-order valence-electron chi connectivity index (χ0n) is 17.3. The minimum absolute atomic E-state index is 0.0853. The van der Waals surface area contributed by atoms with Gasteiger partial charge in [-0.15, -0.1) is 11.3 Å². The van der Waals surface area contributed by atoms with Crippen molar-refractivity contribution in [3.8, 4) is 21.8 Å². The van der Waals surface area contributed by atoms with E-state index in [1.54, 1.807) is 7.11 Å². The first-order valence-electron chi connectivity index (χ1n) is 10.4. The van der Waals surface area contributed by atoms with E-state index >= 15 is 0 Å². The van der Waals surface area contributed by atoms with Crippen LogP contribution in [0.1, 0.15) is 16.1 Å². The maximum absolute atomic E-state index is 13.6. The van der Waals surface area contributed by atoms with Crippen LogP contribution in [0.2, 0.25) is 0 Å². The van der Waals surface area contributed by atoms with Crippen LogP contribution in [-0.4, -0.2) is 67.1 Å².